The number of β-amino-alcohol motifs (C(OH)–C–C–N with tert-alkyl or cyclic N) is 1. The van der Waals surface area contributed by atoms with E-state index in [1.165, 1.54) is 6.07 Å². The van der Waals surface area contributed by atoms with Gasteiger partial charge in [-0.05, 0) is 12.8 Å². The summed E-state index contributed by atoms with van der Waals surface area (Å²) in [5, 5.41) is 9.55. The Balaban J connectivity index is 2.34. The van der Waals surface area contributed by atoms with Gasteiger partial charge in [-0.3, -0.25) is 0 Å². The molecule has 1 saturated heterocycles. The highest BCUT2D eigenvalue weighted by Gasteiger charge is 2.36. The Morgan fingerprint density at radius 1 is 1.42 bits per heavy atom. The van der Waals surface area contributed by atoms with E-state index in [1.54, 1.807) is 4.90 Å². The normalized spacial score (nSPS) is 20.5. The van der Waals surface area contributed by atoms with Gasteiger partial charge >= 0.3 is 6.18 Å². The quantitative estimate of drug-likeness (QED) is 0.546. The molecule has 19 heavy (non-hydrogen) atoms. The molecule has 2 heterocycles. The largest absolute Gasteiger partial charge is 0.451 e. The average Bonchev–Trinajstić information content (AvgIpc) is 2.37. The number of nitrogen functional groups attached to an aromatic ring is 1. The number of aromatic nitrogens is 2. The molecule has 1 aliphatic rings. The third kappa shape index (κ3) is 3.24. The lowest BCUT2D eigenvalue weighted by Crippen LogP contribution is -2.39. The Morgan fingerprint density at radius 2 is 2.16 bits per heavy atom. The number of piperidine rings is 1. The SMILES string of the molecule is NNc1cc(N2CCCC(O)C2)nc(C(F)(F)F)n1. The summed E-state index contributed by atoms with van der Waals surface area (Å²) in [6.07, 6.45) is -3.88. The van der Waals surface area contributed by atoms with Crippen molar-refractivity contribution in [3.63, 3.8) is 0 Å². The van der Waals surface area contributed by atoms with Crippen molar-refractivity contribution in [3.05, 3.63) is 11.9 Å². The van der Waals surface area contributed by atoms with Crippen LogP contribution in [0.15, 0.2) is 6.07 Å². The van der Waals surface area contributed by atoms with Gasteiger partial charge in [0.15, 0.2) is 0 Å². The first-order valence-corrected chi connectivity index (χ1v) is 5.76. The van der Waals surface area contributed by atoms with Crippen LogP contribution >= 0.6 is 0 Å². The van der Waals surface area contributed by atoms with Crippen molar-refractivity contribution in [2.75, 3.05) is 23.4 Å². The number of halogens is 3. The number of hydrogen-bond donors (Lipinski definition) is 3. The van der Waals surface area contributed by atoms with Crippen LogP contribution in [0.1, 0.15) is 18.7 Å². The second-order valence-electron chi connectivity index (χ2n) is 4.32. The van der Waals surface area contributed by atoms with Crippen molar-refractivity contribution in [2.24, 2.45) is 5.84 Å². The van der Waals surface area contributed by atoms with Crippen LogP contribution in [0.25, 0.3) is 0 Å². The van der Waals surface area contributed by atoms with Gasteiger partial charge in [-0.2, -0.15) is 13.2 Å². The molecule has 4 N–H and O–H groups in total. The maximum atomic E-state index is 12.7. The molecular formula is C10H14F3N5O. The molecule has 0 aliphatic carbocycles. The molecule has 0 radical (unpaired) electrons. The summed E-state index contributed by atoms with van der Waals surface area (Å²) in [5.41, 5.74) is 2.09. The van der Waals surface area contributed by atoms with Crippen molar-refractivity contribution in [1.82, 2.24) is 9.97 Å². The van der Waals surface area contributed by atoms with Crippen LogP contribution in [0, 0.1) is 0 Å². The number of nitrogens with zero attached hydrogens (tertiary/aromatic N) is 3. The van der Waals surface area contributed by atoms with E-state index in [4.69, 9.17) is 5.84 Å². The molecule has 0 aromatic carbocycles. The van der Waals surface area contributed by atoms with Gasteiger partial charge in [-0.15, -0.1) is 0 Å². The van der Waals surface area contributed by atoms with Crippen LogP contribution in [0.4, 0.5) is 24.8 Å². The van der Waals surface area contributed by atoms with Crippen LogP contribution in [0.5, 0.6) is 0 Å². The lowest BCUT2D eigenvalue weighted by Gasteiger charge is -2.31. The molecule has 1 unspecified atom stereocenters. The highest BCUT2D eigenvalue weighted by Crippen LogP contribution is 2.29. The van der Waals surface area contributed by atoms with Crippen LogP contribution < -0.4 is 16.2 Å². The number of nitrogens with one attached hydrogen (secondary N) is 1. The van der Waals surface area contributed by atoms with Gasteiger partial charge in [0.2, 0.25) is 5.82 Å². The number of hydrazine groups is 1. The predicted molar refractivity (Wildman–Crippen MR) is 62.3 cm³/mol. The zero-order valence-electron chi connectivity index (χ0n) is 9.98. The number of rotatable bonds is 2. The number of nitrogens with two attached hydrogens (primary N) is 1. The van der Waals surface area contributed by atoms with Crippen molar-refractivity contribution in [2.45, 2.75) is 25.1 Å². The molecule has 0 amide bonds. The van der Waals surface area contributed by atoms with Crippen molar-refractivity contribution in [1.29, 1.82) is 0 Å². The molecule has 1 fully saturated rings. The molecule has 1 atom stereocenters. The molecular weight excluding hydrogens is 263 g/mol. The van der Waals surface area contributed by atoms with Gasteiger partial charge in [-0.25, -0.2) is 15.8 Å². The fraction of sp³-hybridized carbons (Fsp3) is 0.600. The molecule has 0 bridgehead atoms. The van der Waals surface area contributed by atoms with Gasteiger partial charge in [0.25, 0.3) is 0 Å². The van der Waals surface area contributed by atoms with Gasteiger partial charge in [0, 0.05) is 19.2 Å². The van der Waals surface area contributed by atoms with E-state index < -0.39 is 18.1 Å². The Kier molecular flexibility index (Phi) is 3.76. The number of hydrogen-bond acceptors (Lipinski definition) is 6. The van der Waals surface area contributed by atoms with Crippen LogP contribution in [0.2, 0.25) is 0 Å². The second-order valence-corrected chi connectivity index (χ2v) is 4.32. The summed E-state index contributed by atoms with van der Waals surface area (Å²) in [5.74, 6) is 3.85. The highest BCUT2D eigenvalue weighted by molar-refractivity contribution is 5.49. The zero-order valence-corrected chi connectivity index (χ0v) is 9.98. The average molecular weight is 277 g/mol. The fourth-order valence-corrected chi connectivity index (χ4v) is 1.96. The number of alkyl halides is 3. The van der Waals surface area contributed by atoms with E-state index in [0.717, 1.165) is 0 Å². The number of anilines is 2. The maximum absolute atomic E-state index is 12.7. The first kappa shape index (κ1) is 13.8. The Bertz CT molecular complexity index is 453. The number of aliphatic hydroxyl groups excluding tert-OH is 1. The second kappa shape index (κ2) is 5.17. The third-order valence-corrected chi connectivity index (χ3v) is 2.83. The monoisotopic (exact) mass is 277 g/mol. The van der Waals surface area contributed by atoms with Crippen LogP contribution in [-0.2, 0) is 6.18 Å². The van der Waals surface area contributed by atoms with Crippen molar-refractivity contribution < 1.29 is 18.3 Å². The van der Waals surface area contributed by atoms with Crippen LogP contribution in [-0.4, -0.2) is 34.3 Å². The van der Waals surface area contributed by atoms with Crippen LogP contribution in [0.3, 0.4) is 0 Å². The van der Waals surface area contributed by atoms with Crippen molar-refractivity contribution in [3.8, 4) is 0 Å². The topological polar surface area (TPSA) is 87.3 Å². The Labute approximate surface area is 107 Å². The summed E-state index contributed by atoms with van der Waals surface area (Å²) in [6.45, 7) is 0.785. The lowest BCUT2D eigenvalue weighted by atomic mass is 10.1. The molecule has 9 heteroatoms. The summed E-state index contributed by atoms with van der Waals surface area (Å²) in [7, 11) is 0. The Hall–Kier alpha value is -1.61. The highest BCUT2D eigenvalue weighted by atomic mass is 19.4. The van der Waals surface area contributed by atoms with E-state index in [-0.39, 0.29) is 18.2 Å². The summed E-state index contributed by atoms with van der Waals surface area (Å²) in [4.78, 5) is 8.36. The first-order chi connectivity index (χ1) is 8.90. The van der Waals surface area contributed by atoms with Gasteiger partial charge < -0.3 is 15.4 Å². The summed E-state index contributed by atoms with van der Waals surface area (Å²) < 4.78 is 38.0. The number of aliphatic hydroxyl groups is 1. The van der Waals surface area contributed by atoms with Gasteiger partial charge in [0.1, 0.15) is 11.6 Å². The fourth-order valence-electron chi connectivity index (χ4n) is 1.96. The van der Waals surface area contributed by atoms with E-state index in [2.05, 4.69) is 15.4 Å². The molecule has 0 spiro atoms. The van der Waals surface area contributed by atoms with Gasteiger partial charge in [-0.1, -0.05) is 0 Å². The molecule has 1 aromatic rings. The molecule has 0 saturated carbocycles. The lowest BCUT2D eigenvalue weighted by molar-refractivity contribution is -0.144. The van der Waals surface area contributed by atoms with E-state index >= 15 is 0 Å². The van der Waals surface area contributed by atoms with Crippen molar-refractivity contribution >= 4 is 11.6 Å². The molecule has 1 aliphatic heterocycles. The molecule has 6 nitrogen and oxygen atoms in total. The standard InChI is InChI=1S/C10H14F3N5O/c11-10(12,13)9-15-7(17-14)4-8(16-9)18-3-1-2-6(19)5-18/h4,6,19H,1-3,5,14H2,(H,15,16,17). The predicted octanol–water partition coefficient (Wildman–Crippen LogP) is 0.742. The molecule has 106 valence electrons. The molecule has 1 aromatic heterocycles. The minimum atomic E-state index is -4.64. The first-order valence-electron chi connectivity index (χ1n) is 5.76. The zero-order chi connectivity index (χ0) is 14.0. The third-order valence-electron chi connectivity index (χ3n) is 2.83. The maximum Gasteiger partial charge on any atom is 0.451 e. The summed E-state index contributed by atoms with van der Waals surface area (Å²) >= 11 is 0. The van der Waals surface area contributed by atoms with Gasteiger partial charge in [0.05, 0.1) is 6.10 Å². The minimum absolute atomic E-state index is 0.106. The summed E-state index contributed by atoms with van der Waals surface area (Å²) in [6, 6.07) is 1.33. The Morgan fingerprint density at radius 3 is 2.74 bits per heavy atom. The smallest absolute Gasteiger partial charge is 0.391 e. The van der Waals surface area contributed by atoms with E-state index in [1.807, 2.05) is 0 Å². The molecule has 2 rings (SSSR count). The minimum Gasteiger partial charge on any atom is -0.391 e. The van der Waals surface area contributed by atoms with E-state index in [0.29, 0.717) is 19.4 Å². The van der Waals surface area contributed by atoms with E-state index in [9.17, 15) is 18.3 Å².